The topological polar surface area (TPSA) is 25.8 Å². The Bertz CT molecular complexity index is 1350. The lowest BCUT2D eigenvalue weighted by Gasteiger charge is -1.90. The van der Waals surface area contributed by atoms with Gasteiger partial charge < -0.3 is 0 Å². The van der Waals surface area contributed by atoms with Gasteiger partial charge in [-0.15, -0.1) is 45.3 Å². The predicted molar refractivity (Wildman–Crippen MR) is 128 cm³/mol. The second-order valence-corrected chi connectivity index (χ2v) is 12.4. The van der Waals surface area contributed by atoms with Gasteiger partial charge in [0.2, 0.25) is 0 Å². The summed E-state index contributed by atoms with van der Waals surface area (Å²) in [6, 6.07) is 14.7. The average Bonchev–Trinajstić information content (AvgIpc) is 3.49. The smallest absolute Gasteiger partial charge is 0.177 e. The monoisotopic (exact) mass is 506 g/mol. The summed E-state index contributed by atoms with van der Waals surface area (Å²) in [7, 11) is 0. The first-order chi connectivity index (χ1) is 14.6. The second-order valence-electron chi connectivity index (χ2n) is 6.18. The van der Waals surface area contributed by atoms with Crippen LogP contribution in [0.25, 0.3) is 48.9 Å². The molecule has 10 heteroatoms. The minimum absolute atomic E-state index is 0.174. The fourth-order valence-electron chi connectivity index (χ4n) is 2.92. The van der Waals surface area contributed by atoms with Gasteiger partial charge in [0, 0.05) is 19.5 Å². The van der Waals surface area contributed by atoms with Crippen LogP contribution in [0.3, 0.4) is 0 Å². The zero-order valence-electron chi connectivity index (χ0n) is 14.7. The lowest BCUT2D eigenvalue weighted by molar-refractivity contribution is 0.657. The standard InChI is InChI=1S/C20H8F2N2S6/c21-15-7-5-11(27-15)9-1-3-13(25-9)17-23-19-20(29-17)24-18(30-19)14-4-2-10(26-14)12-6-8-16(22)28-12/h1-8H. The van der Waals surface area contributed by atoms with Gasteiger partial charge in [-0.25, -0.2) is 9.97 Å². The van der Waals surface area contributed by atoms with Crippen LogP contribution in [0.5, 0.6) is 0 Å². The molecular formula is C20H8F2N2S6. The zero-order chi connectivity index (χ0) is 20.2. The van der Waals surface area contributed by atoms with Crippen molar-refractivity contribution in [3.8, 4) is 39.3 Å². The predicted octanol–water partition coefficient (Wildman–Crippen LogP) is 8.94. The molecule has 6 rings (SSSR count). The van der Waals surface area contributed by atoms with E-state index in [1.54, 1.807) is 45.3 Å². The molecule has 0 N–H and O–H groups in total. The van der Waals surface area contributed by atoms with Crippen LogP contribution in [0.4, 0.5) is 8.78 Å². The Kier molecular flexibility index (Phi) is 4.66. The molecule has 0 fully saturated rings. The molecule has 0 aliphatic heterocycles. The van der Waals surface area contributed by atoms with E-state index in [4.69, 9.17) is 9.97 Å². The van der Waals surface area contributed by atoms with Gasteiger partial charge in [-0.1, -0.05) is 22.7 Å². The molecule has 0 aromatic carbocycles. The van der Waals surface area contributed by atoms with Crippen molar-refractivity contribution in [2.24, 2.45) is 0 Å². The summed E-state index contributed by atoms with van der Waals surface area (Å²) < 4.78 is 26.6. The summed E-state index contributed by atoms with van der Waals surface area (Å²) in [4.78, 5) is 17.5. The van der Waals surface area contributed by atoms with E-state index in [9.17, 15) is 8.78 Å². The minimum Gasteiger partial charge on any atom is -0.222 e. The second kappa shape index (κ2) is 7.40. The van der Waals surface area contributed by atoms with Crippen molar-refractivity contribution in [1.82, 2.24) is 9.97 Å². The number of thiazole rings is 2. The Hall–Kier alpha value is -1.82. The highest BCUT2D eigenvalue weighted by atomic mass is 32.1. The summed E-state index contributed by atoms with van der Waals surface area (Å²) in [5, 5.41) is 1.52. The third-order valence-corrected chi connectivity index (χ3v) is 10.9. The van der Waals surface area contributed by atoms with E-state index in [1.807, 2.05) is 36.4 Å². The van der Waals surface area contributed by atoms with Crippen LogP contribution in [-0.4, -0.2) is 9.97 Å². The number of nitrogens with zero attached hydrogens (tertiary/aromatic N) is 2. The number of rotatable bonds is 4. The Morgan fingerprint density at radius 2 is 0.800 bits per heavy atom. The molecule has 0 aliphatic carbocycles. The van der Waals surface area contributed by atoms with E-state index in [1.165, 1.54) is 12.1 Å². The summed E-state index contributed by atoms with van der Waals surface area (Å²) in [5.74, 6) is 0. The van der Waals surface area contributed by atoms with Gasteiger partial charge in [-0.2, -0.15) is 8.78 Å². The van der Waals surface area contributed by atoms with E-state index in [2.05, 4.69) is 0 Å². The molecular weight excluding hydrogens is 499 g/mol. The number of fused-ring (bicyclic) bond motifs is 1. The summed E-state index contributed by atoms with van der Waals surface area (Å²) >= 11 is 8.68. The van der Waals surface area contributed by atoms with Gasteiger partial charge in [0.1, 0.15) is 10.0 Å². The molecule has 6 aromatic heterocycles. The highest BCUT2D eigenvalue weighted by Gasteiger charge is 2.17. The normalized spacial score (nSPS) is 11.7. The molecule has 0 radical (unpaired) electrons. The Morgan fingerprint density at radius 1 is 0.433 bits per heavy atom. The molecule has 0 bridgehead atoms. The lowest BCUT2D eigenvalue weighted by Crippen LogP contribution is -1.67. The lowest BCUT2D eigenvalue weighted by atomic mass is 10.4. The van der Waals surface area contributed by atoms with Crippen molar-refractivity contribution in [1.29, 1.82) is 0 Å². The van der Waals surface area contributed by atoms with Crippen molar-refractivity contribution < 1.29 is 8.78 Å². The van der Waals surface area contributed by atoms with E-state index in [0.29, 0.717) is 0 Å². The fraction of sp³-hybridized carbons (Fsp3) is 0. The van der Waals surface area contributed by atoms with Crippen molar-refractivity contribution in [2.75, 3.05) is 0 Å². The van der Waals surface area contributed by atoms with Crippen LogP contribution in [-0.2, 0) is 0 Å². The van der Waals surface area contributed by atoms with E-state index in [-0.39, 0.29) is 10.3 Å². The molecule has 0 unspecified atom stereocenters. The molecule has 0 saturated carbocycles. The van der Waals surface area contributed by atoms with Crippen LogP contribution < -0.4 is 0 Å². The molecule has 0 saturated heterocycles. The van der Waals surface area contributed by atoms with E-state index in [0.717, 1.165) is 71.6 Å². The van der Waals surface area contributed by atoms with Crippen LogP contribution in [0.2, 0.25) is 0 Å². The molecule has 148 valence electrons. The number of halogens is 2. The fourth-order valence-corrected chi connectivity index (χ4v) is 8.72. The van der Waals surface area contributed by atoms with Crippen molar-refractivity contribution >= 4 is 77.7 Å². The molecule has 0 aliphatic rings. The van der Waals surface area contributed by atoms with Gasteiger partial charge in [-0.05, 0) is 48.5 Å². The Morgan fingerprint density at radius 3 is 1.20 bits per heavy atom. The first kappa shape index (κ1) is 18.9. The molecule has 6 heterocycles. The van der Waals surface area contributed by atoms with E-state index < -0.39 is 0 Å². The maximum atomic E-state index is 13.3. The highest BCUT2D eigenvalue weighted by Crippen LogP contribution is 2.43. The molecule has 30 heavy (non-hydrogen) atoms. The van der Waals surface area contributed by atoms with Crippen LogP contribution in [0.15, 0.2) is 48.5 Å². The zero-order valence-corrected chi connectivity index (χ0v) is 19.6. The van der Waals surface area contributed by atoms with Crippen LogP contribution in [0.1, 0.15) is 0 Å². The quantitative estimate of drug-likeness (QED) is 0.238. The summed E-state index contributed by atoms with van der Waals surface area (Å²) in [6.45, 7) is 0. The van der Waals surface area contributed by atoms with Crippen molar-refractivity contribution in [3.05, 3.63) is 58.8 Å². The third-order valence-electron chi connectivity index (χ3n) is 4.24. The average molecular weight is 507 g/mol. The molecule has 0 spiro atoms. The minimum atomic E-state index is -0.174. The first-order valence-corrected chi connectivity index (χ1v) is 13.5. The molecule has 0 atom stereocenters. The summed E-state index contributed by atoms with van der Waals surface area (Å²) in [5.41, 5.74) is 0. The molecule has 2 nitrogen and oxygen atoms in total. The van der Waals surface area contributed by atoms with Gasteiger partial charge in [0.15, 0.2) is 19.9 Å². The van der Waals surface area contributed by atoms with Crippen molar-refractivity contribution in [2.45, 2.75) is 0 Å². The first-order valence-electron chi connectivity index (χ1n) is 8.61. The van der Waals surface area contributed by atoms with E-state index >= 15 is 0 Å². The van der Waals surface area contributed by atoms with Gasteiger partial charge in [0.05, 0.1) is 9.75 Å². The maximum Gasteiger partial charge on any atom is 0.177 e. The largest absolute Gasteiger partial charge is 0.222 e. The third kappa shape index (κ3) is 3.37. The SMILES string of the molecule is Fc1ccc(-c2ccc(-c3nc4sc(-c5ccc(-c6ccc(F)s6)s5)nc4s3)s2)s1. The van der Waals surface area contributed by atoms with Crippen LogP contribution in [0, 0.1) is 10.3 Å². The van der Waals surface area contributed by atoms with Gasteiger partial charge in [-0.3, -0.25) is 0 Å². The Labute approximate surface area is 193 Å². The number of hydrogen-bond donors (Lipinski definition) is 0. The highest BCUT2D eigenvalue weighted by molar-refractivity contribution is 7.33. The Balaban J connectivity index is 1.29. The number of hydrogen-bond acceptors (Lipinski definition) is 8. The molecule has 6 aromatic rings. The molecule has 0 amide bonds. The van der Waals surface area contributed by atoms with Crippen molar-refractivity contribution in [3.63, 3.8) is 0 Å². The van der Waals surface area contributed by atoms with Crippen LogP contribution >= 0.6 is 68.0 Å². The number of aromatic nitrogens is 2. The summed E-state index contributed by atoms with van der Waals surface area (Å²) in [6.07, 6.45) is 0. The van der Waals surface area contributed by atoms with Gasteiger partial charge >= 0.3 is 0 Å². The van der Waals surface area contributed by atoms with Gasteiger partial charge in [0.25, 0.3) is 0 Å². The number of thiophene rings is 4. The maximum absolute atomic E-state index is 13.3.